The van der Waals surface area contributed by atoms with E-state index in [2.05, 4.69) is 52.9 Å². The van der Waals surface area contributed by atoms with Crippen LogP contribution in [0.25, 0.3) is 0 Å². The lowest BCUT2D eigenvalue weighted by atomic mass is 10.0. The molecular weight excluding hydrogens is 310 g/mol. The van der Waals surface area contributed by atoms with Crippen molar-refractivity contribution >= 4 is 27.3 Å². The minimum atomic E-state index is 0.0386. The summed E-state index contributed by atoms with van der Waals surface area (Å²) < 4.78 is 1.12. The number of nitrogens with zero attached hydrogens (tertiary/aromatic N) is 2. The maximum atomic E-state index is 8.78. The normalized spacial score (nSPS) is 14.8. The van der Waals surface area contributed by atoms with Gasteiger partial charge in [0, 0.05) is 29.9 Å². The maximum Gasteiger partial charge on any atom is 0.0702 e. The Morgan fingerprint density at radius 1 is 1.44 bits per heavy atom. The zero-order valence-corrected chi connectivity index (χ0v) is 13.5. The molecule has 0 aromatic carbocycles. The van der Waals surface area contributed by atoms with E-state index in [1.165, 1.54) is 4.88 Å². The van der Waals surface area contributed by atoms with Crippen molar-refractivity contribution in [3.8, 4) is 6.07 Å². The second kappa shape index (κ2) is 7.25. The van der Waals surface area contributed by atoms with Crippen molar-refractivity contribution in [3.05, 3.63) is 20.8 Å². The lowest BCUT2D eigenvalue weighted by Crippen LogP contribution is -2.43. The van der Waals surface area contributed by atoms with Crippen molar-refractivity contribution in [1.82, 2.24) is 4.90 Å². The van der Waals surface area contributed by atoms with Gasteiger partial charge in [0.15, 0.2) is 0 Å². The second-order valence-electron chi connectivity index (χ2n) is 4.69. The standard InChI is InChI=1S/C13H20BrN3S/c1-9(2)17(8-4-7-15)13(10(3)16)11-5-6-12(14)18-11/h5-6,9-10,13H,4,8,16H2,1-3H3. The van der Waals surface area contributed by atoms with Crippen molar-refractivity contribution < 1.29 is 0 Å². The molecule has 1 heterocycles. The van der Waals surface area contributed by atoms with Crippen molar-refractivity contribution in [2.24, 2.45) is 5.73 Å². The molecule has 18 heavy (non-hydrogen) atoms. The molecule has 0 amide bonds. The van der Waals surface area contributed by atoms with Crippen molar-refractivity contribution in [3.63, 3.8) is 0 Å². The van der Waals surface area contributed by atoms with E-state index in [0.717, 1.165) is 10.3 Å². The van der Waals surface area contributed by atoms with Gasteiger partial charge in [0.05, 0.1) is 15.9 Å². The molecule has 2 atom stereocenters. The molecule has 0 radical (unpaired) electrons. The largest absolute Gasteiger partial charge is 0.326 e. The molecule has 0 bridgehead atoms. The van der Waals surface area contributed by atoms with E-state index in [0.29, 0.717) is 12.5 Å². The van der Waals surface area contributed by atoms with Crippen LogP contribution in [-0.4, -0.2) is 23.5 Å². The van der Waals surface area contributed by atoms with Gasteiger partial charge in [-0.25, -0.2) is 0 Å². The molecule has 0 saturated carbocycles. The molecule has 0 fully saturated rings. The number of nitriles is 1. The van der Waals surface area contributed by atoms with Gasteiger partial charge in [-0.1, -0.05) is 0 Å². The number of rotatable bonds is 6. The Labute approximate surface area is 122 Å². The first-order valence-electron chi connectivity index (χ1n) is 6.11. The van der Waals surface area contributed by atoms with E-state index < -0.39 is 0 Å². The Morgan fingerprint density at radius 3 is 2.50 bits per heavy atom. The van der Waals surface area contributed by atoms with Crippen LogP contribution in [0.1, 0.15) is 38.1 Å². The number of halogens is 1. The Bertz CT molecular complexity index is 409. The quantitative estimate of drug-likeness (QED) is 0.868. The van der Waals surface area contributed by atoms with Crippen LogP contribution in [-0.2, 0) is 0 Å². The summed E-state index contributed by atoms with van der Waals surface area (Å²) in [6.07, 6.45) is 0.536. The van der Waals surface area contributed by atoms with Gasteiger partial charge in [0.2, 0.25) is 0 Å². The van der Waals surface area contributed by atoms with Gasteiger partial charge in [0.1, 0.15) is 0 Å². The first-order valence-corrected chi connectivity index (χ1v) is 7.71. The summed E-state index contributed by atoms with van der Waals surface area (Å²) in [5.41, 5.74) is 6.16. The Balaban J connectivity index is 2.97. The number of nitrogens with two attached hydrogens (primary N) is 1. The van der Waals surface area contributed by atoms with Crippen LogP contribution in [0.5, 0.6) is 0 Å². The average molecular weight is 330 g/mol. The Morgan fingerprint density at radius 2 is 2.11 bits per heavy atom. The first-order chi connectivity index (χ1) is 8.47. The van der Waals surface area contributed by atoms with E-state index in [-0.39, 0.29) is 12.1 Å². The summed E-state index contributed by atoms with van der Waals surface area (Å²) in [5.74, 6) is 0. The minimum Gasteiger partial charge on any atom is -0.326 e. The number of thiophene rings is 1. The third-order valence-electron chi connectivity index (χ3n) is 2.89. The molecule has 0 aliphatic heterocycles. The van der Waals surface area contributed by atoms with Gasteiger partial charge < -0.3 is 5.73 Å². The SMILES string of the molecule is CC(N)C(c1ccc(Br)s1)N(CCC#N)C(C)C. The maximum absolute atomic E-state index is 8.78. The summed E-state index contributed by atoms with van der Waals surface area (Å²) in [6, 6.07) is 6.97. The molecule has 0 aliphatic carbocycles. The first kappa shape index (κ1) is 15.6. The Hall–Kier alpha value is -0.410. The molecule has 100 valence electrons. The number of hydrogen-bond acceptors (Lipinski definition) is 4. The smallest absolute Gasteiger partial charge is 0.0702 e. The topological polar surface area (TPSA) is 53.0 Å². The highest BCUT2D eigenvalue weighted by Crippen LogP contribution is 2.33. The van der Waals surface area contributed by atoms with Crippen LogP contribution in [0, 0.1) is 11.3 Å². The van der Waals surface area contributed by atoms with E-state index in [1.807, 2.05) is 6.92 Å². The number of hydrogen-bond donors (Lipinski definition) is 1. The minimum absolute atomic E-state index is 0.0386. The van der Waals surface area contributed by atoms with Crippen LogP contribution in [0.2, 0.25) is 0 Å². The van der Waals surface area contributed by atoms with Crippen LogP contribution >= 0.6 is 27.3 Å². The highest BCUT2D eigenvalue weighted by molar-refractivity contribution is 9.11. The molecular formula is C13H20BrN3S. The molecule has 3 nitrogen and oxygen atoms in total. The zero-order valence-electron chi connectivity index (χ0n) is 11.1. The van der Waals surface area contributed by atoms with Crippen molar-refractivity contribution in [1.29, 1.82) is 5.26 Å². The van der Waals surface area contributed by atoms with Crippen LogP contribution < -0.4 is 5.73 Å². The fourth-order valence-electron chi connectivity index (χ4n) is 2.11. The van der Waals surface area contributed by atoms with Gasteiger partial charge in [-0.2, -0.15) is 5.26 Å². The highest BCUT2D eigenvalue weighted by atomic mass is 79.9. The lowest BCUT2D eigenvalue weighted by Gasteiger charge is -2.36. The van der Waals surface area contributed by atoms with Crippen LogP contribution in [0.15, 0.2) is 15.9 Å². The second-order valence-corrected chi connectivity index (χ2v) is 7.18. The molecule has 0 spiro atoms. The van der Waals surface area contributed by atoms with Crippen molar-refractivity contribution in [2.75, 3.05) is 6.54 Å². The lowest BCUT2D eigenvalue weighted by molar-refractivity contribution is 0.141. The van der Waals surface area contributed by atoms with E-state index in [1.54, 1.807) is 11.3 Å². The molecule has 1 rings (SSSR count). The van der Waals surface area contributed by atoms with E-state index >= 15 is 0 Å². The summed E-state index contributed by atoms with van der Waals surface area (Å²) in [4.78, 5) is 3.56. The van der Waals surface area contributed by atoms with Gasteiger partial charge in [-0.05, 0) is 48.8 Å². The monoisotopic (exact) mass is 329 g/mol. The highest BCUT2D eigenvalue weighted by Gasteiger charge is 2.27. The summed E-state index contributed by atoms with van der Waals surface area (Å²) in [6.45, 7) is 7.08. The van der Waals surface area contributed by atoms with Crippen LogP contribution in [0.3, 0.4) is 0 Å². The molecule has 1 aromatic rings. The van der Waals surface area contributed by atoms with Gasteiger partial charge in [0.25, 0.3) is 0 Å². The molecule has 5 heteroatoms. The fourth-order valence-corrected chi connectivity index (χ4v) is 3.77. The summed E-state index contributed by atoms with van der Waals surface area (Å²) in [7, 11) is 0. The van der Waals surface area contributed by atoms with Gasteiger partial charge >= 0.3 is 0 Å². The summed E-state index contributed by atoms with van der Waals surface area (Å²) in [5, 5.41) is 8.78. The molecule has 1 aromatic heterocycles. The molecule has 0 aliphatic rings. The third kappa shape index (κ3) is 4.06. The van der Waals surface area contributed by atoms with Gasteiger partial charge in [-0.15, -0.1) is 11.3 Å². The van der Waals surface area contributed by atoms with Crippen LogP contribution in [0.4, 0.5) is 0 Å². The average Bonchev–Trinajstić information content (AvgIpc) is 2.69. The molecule has 0 saturated heterocycles. The predicted molar refractivity (Wildman–Crippen MR) is 80.5 cm³/mol. The van der Waals surface area contributed by atoms with E-state index in [4.69, 9.17) is 11.0 Å². The zero-order chi connectivity index (χ0) is 13.7. The third-order valence-corrected chi connectivity index (χ3v) is 4.58. The molecule has 2 unspecified atom stereocenters. The predicted octanol–water partition coefficient (Wildman–Crippen LogP) is 3.52. The fraction of sp³-hybridized carbons (Fsp3) is 0.615. The summed E-state index contributed by atoms with van der Waals surface area (Å²) >= 11 is 5.21. The van der Waals surface area contributed by atoms with E-state index in [9.17, 15) is 0 Å². The van der Waals surface area contributed by atoms with Crippen molar-refractivity contribution in [2.45, 2.75) is 45.3 Å². The Kier molecular flexibility index (Phi) is 6.30. The van der Waals surface area contributed by atoms with Gasteiger partial charge in [-0.3, -0.25) is 4.90 Å². The molecule has 2 N–H and O–H groups in total.